The largest absolute Gasteiger partial charge is 0.472 e. The van der Waals surface area contributed by atoms with E-state index in [1.165, 1.54) is 173 Å². The smallest absolute Gasteiger partial charge is 0.387 e. The van der Waals surface area contributed by atoms with E-state index in [2.05, 4.69) is 92.1 Å². The average Bonchev–Trinajstić information content (AvgIpc) is 3.36. The molecule has 0 aromatic rings. The van der Waals surface area contributed by atoms with Gasteiger partial charge in [0.2, 0.25) is 5.91 Å². The Morgan fingerprint density at radius 2 is 0.811 bits per heavy atom. The number of aliphatic hydroxyl groups is 1. The Labute approximate surface area is 458 Å². The third-order valence-corrected chi connectivity index (χ3v) is 14.6. The monoisotopic (exact) mass is 1060 g/mol. The first kappa shape index (κ1) is 71.7. The van der Waals surface area contributed by atoms with Gasteiger partial charge in [-0.2, -0.15) is 0 Å². The van der Waals surface area contributed by atoms with Crippen molar-refractivity contribution in [2.75, 3.05) is 40.9 Å². The summed E-state index contributed by atoms with van der Waals surface area (Å²) in [5.41, 5.74) is 0. The lowest BCUT2D eigenvalue weighted by molar-refractivity contribution is -0.870. The first-order chi connectivity index (χ1) is 36.0. The number of unbranched alkanes of at least 4 members (excludes halogenated alkanes) is 31. The van der Waals surface area contributed by atoms with E-state index in [4.69, 9.17) is 9.05 Å². The molecule has 0 aliphatic heterocycles. The Morgan fingerprint density at radius 3 is 1.19 bits per heavy atom. The second-order valence-corrected chi connectivity index (χ2v) is 23.5. The summed E-state index contributed by atoms with van der Waals surface area (Å²) in [6, 6.07) is -0.851. The number of phosphoric acid groups is 1. The molecule has 430 valence electrons. The number of hydrogen-bond donors (Lipinski definition) is 3. The lowest BCUT2D eigenvalue weighted by Gasteiger charge is -2.25. The van der Waals surface area contributed by atoms with Gasteiger partial charge in [0.05, 0.1) is 39.9 Å². The van der Waals surface area contributed by atoms with Crippen LogP contribution in [0.2, 0.25) is 0 Å². The zero-order chi connectivity index (χ0) is 54.2. The van der Waals surface area contributed by atoms with E-state index in [1.807, 2.05) is 27.2 Å². The fourth-order valence-corrected chi connectivity index (χ4v) is 9.55. The van der Waals surface area contributed by atoms with E-state index >= 15 is 0 Å². The highest BCUT2D eigenvalue weighted by molar-refractivity contribution is 7.47. The number of carbonyl (C=O) groups excluding carboxylic acids is 1. The summed E-state index contributed by atoms with van der Waals surface area (Å²) in [4.78, 5) is 23.3. The third kappa shape index (κ3) is 57.4. The van der Waals surface area contributed by atoms with Crippen LogP contribution in [0.5, 0.6) is 0 Å². The lowest BCUT2D eigenvalue weighted by atomic mass is 10.0. The molecule has 9 heteroatoms. The molecular formula is C65H120N2O6P+. The summed E-state index contributed by atoms with van der Waals surface area (Å²) in [5, 5.41) is 14.0. The number of carbonyl (C=O) groups is 1. The molecule has 0 heterocycles. The van der Waals surface area contributed by atoms with Crippen LogP contribution in [0.3, 0.4) is 0 Å². The quantitative estimate of drug-likeness (QED) is 0.0243. The van der Waals surface area contributed by atoms with Crippen LogP contribution >= 0.6 is 7.82 Å². The topological polar surface area (TPSA) is 105 Å². The van der Waals surface area contributed by atoms with Gasteiger partial charge in [0.25, 0.3) is 0 Å². The Bertz CT molecular complexity index is 1480. The van der Waals surface area contributed by atoms with Crippen molar-refractivity contribution in [3.05, 3.63) is 85.1 Å². The van der Waals surface area contributed by atoms with Crippen molar-refractivity contribution in [3.63, 3.8) is 0 Å². The van der Waals surface area contributed by atoms with Crippen LogP contribution in [0, 0.1) is 0 Å². The SMILES string of the molecule is CC/C=C\C/C=C\C/C=C\C/C=C\C/C=C\C/C=C\CCCCCCCCCCCCCCCCC(=O)NC(COP(=O)(O)OCC[N+](C)(C)C)C(O)/C=C/CCCCCCCCCCCCCCCCCCC. The summed E-state index contributed by atoms with van der Waals surface area (Å²) in [5.74, 6) is -0.178. The number of quaternary nitrogens is 1. The number of likely N-dealkylation sites (N-methyl/N-ethyl adjacent to an activating group) is 1. The van der Waals surface area contributed by atoms with Crippen LogP contribution in [0.4, 0.5) is 0 Å². The van der Waals surface area contributed by atoms with Crippen molar-refractivity contribution in [2.45, 2.75) is 283 Å². The molecule has 0 spiro atoms. The minimum absolute atomic E-state index is 0.0594. The van der Waals surface area contributed by atoms with Gasteiger partial charge in [-0.05, 0) is 70.6 Å². The molecule has 0 aliphatic carbocycles. The van der Waals surface area contributed by atoms with Crippen LogP contribution in [0.15, 0.2) is 85.1 Å². The minimum atomic E-state index is -4.35. The fourth-order valence-electron chi connectivity index (χ4n) is 8.81. The molecule has 74 heavy (non-hydrogen) atoms. The molecule has 8 nitrogen and oxygen atoms in total. The van der Waals surface area contributed by atoms with E-state index in [-0.39, 0.29) is 19.1 Å². The van der Waals surface area contributed by atoms with Crippen molar-refractivity contribution in [1.29, 1.82) is 0 Å². The molecule has 0 bridgehead atoms. The van der Waals surface area contributed by atoms with E-state index in [9.17, 15) is 19.4 Å². The number of aliphatic hydroxyl groups excluding tert-OH is 1. The van der Waals surface area contributed by atoms with Gasteiger partial charge in [-0.1, -0.05) is 279 Å². The molecule has 1 amide bonds. The standard InChI is InChI=1S/C65H119N2O6P/c1-6-8-10-12-14-16-18-20-22-24-26-27-28-29-30-31-32-33-34-35-36-37-38-39-41-43-45-47-49-51-53-55-57-59-65(69)66-63(62-73-74(70,71)72-61-60-67(3,4)5)64(68)58-56-54-52-50-48-46-44-42-40-25-23-21-19-17-15-13-11-9-7-2/h8,10,14,16,20,22,26-27,29-30,32-33,56,58,63-64,68H,6-7,9,11-13,15,17-19,21,23-25,28,31,34-55,57,59-62H2,1-5H3,(H-,66,69,70,71)/p+1/b10-8-,16-14-,22-20-,27-26-,30-29-,33-32-,58-56+. The minimum Gasteiger partial charge on any atom is -0.387 e. The van der Waals surface area contributed by atoms with Crippen molar-refractivity contribution < 1.29 is 32.9 Å². The zero-order valence-corrected chi connectivity index (χ0v) is 50.0. The van der Waals surface area contributed by atoms with Gasteiger partial charge < -0.3 is 19.8 Å². The highest BCUT2D eigenvalue weighted by Gasteiger charge is 2.27. The van der Waals surface area contributed by atoms with Crippen LogP contribution < -0.4 is 5.32 Å². The predicted molar refractivity (Wildman–Crippen MR) is 323 cm³/mol. The fraction of sp³-hybridized carbons (Fsp3) is 0.769. The van der Waals surface area contributed by atoms with Gasteiger partial charge in [0.15, 0.2) is 0 Å². The van der Waals surface area contributed by atoms with Crippen LogP contribution in [0.25, 0.3) is 0 Å². The molecule has 3 unspecified atom stereocenters. The van der Waals surface area contributed by atoms with Gasteiger partial charge in [-0.3, -0.25) is 13.8 Å². The molecule has 0 aliphatic rings. The number of hydrogen-bond acceptors (Lipinski definition) is 5. The van der Waals surface area contributed by atoms with E-state index in [0.717, 1.165) is 77.0 Å². The molecule has 3 N–H and O–H groups in total. The van der Waals surface area contributed by atoms with Crippen LogP contribution in [-0.2, 0) is 18.4 Å². The lowest BCUT2D eigenvalue weighted by Crippen LogP contribution is -2.45. The summed E-state index contributed by atoms with van der Waals surface area (Å²) >= 11 is 0. The van der Waals surface area contributed by atoms with Crippen molar-refractivity contribution in [2.24, 2.45) is 0 Å². The second kappa shape index (κ2) is 55.4. The number of nitrogens with one attached hydrogen (secondary N) is 1. The molecule has 0 radical (unpaired) electrons. The number of phosphoric ester groups is 1. The summed E-state index contributed by atoms with van der Waals surface area (Å²) in [6.07, 6.45) is 78.3. The highest BCUT2D eigenvalue weighted by Crippen LogP contribution is 2.43. The molecule has 0 rings (SSSR count). The predicted octanol–water partition coefficient (Wildman–Crippen LogP) is 19.2. The van der Waals surface area contributed by atoms with Gasteiger partial charge in [0, 0.05) is 6.42 Å². The molecule has 0 saturated carbocycles. The maximum atomic E-state index is 13.0. The van der Waals surface area contributed by atoms with Crippen molar-refractivity contribution in [3.8, 4) is 0 Å². The van der Waals surface area contributed by atoms with E-state index in [1.54, 1.807) is 6.08 Å². The molecule has 0 aromatic heterocycles. The average molecular weight is 1060 g/mol. The first-order valence-electron chi connectivity index (χ1n) is 31.0. The van der Waals surface area contributed by atoms with Crippen LogP contribution in [-0.4, -0.2) is 73.4 Å². The van der Waals surface area contributed by atoms with E-state index < -0.39 is 20.0 Å². The molecule has 0 saturated heterocycles. The zero-order valence-electron chi connectivity index (χ0n) is 49.1. The van der Waals surface area contributed by atoms with Crippen molar-refractivity contribution in [1.82, 2.24) is 5.32 Å². The number of amides is 1. The van der Waals surface area contributed by atoms with Gasteiger partial charge in [-0.25, -0.2) is 4.57 Å². The van der Waals surface area contributed by atoms with Gasteiger partial charge in [0.1, 0.15) is 13.2 Å². The van der Waals surface area contributed by atoms with Gasteiger partial charge in [-0.15, -0.1) is 0 Å². The Hall–Kier alpha value is -2.32. The maximum absolute atomic E-state index is 13.0. The summed E-state index contributed by atoms with van der Waals surface area (Å²) in [6.45, 7) is 4.72. The molecule has 0 aromatic carbocycles. The summed E-state index contributed by atoms with van der Waals surface area (Å²) < 4.78 is 23.7. The molecule has 0 fully saturated rings. The first-order valence-corrected chi connectivity index (χ1v) is 32.5. The third-order valence-electron chi connectivity index (χ3n) is 13.6. The Balaban J connectivity index is 4.12. The Kier molecular flexibility index (Phi) is 53.7. The highest BCUT2D eigenvalue weighted by atomic mass is 31.2. The number of rotatable bonds is 56. The normalized spacial score (nSPS) is 14.4. The molecular weight excluding hydrogens is 936 g/mol. The molecule has 3 atom stereocenters. The number of allylic oxidation sites excluding steroid dienone is 13. The maximum Gasteiger partial charge on any atom is 0.472 e. The van der Waals surface area contributed by atoms with Crippen molar-refractivity contribution >= 4 is 13.7 Å². The van der Waals surface area contributed by atoms with E-state index in [0.29, 0.717) is 17.4 Å². The summed E-state index contributed by atoms with van der Waals surface area (Å²) in [7, 11) is 1.57. The number of nitrogens with zero attached hydrogens (tertiary/aromatic N) is 1. The van der Waals surface area contributed by atoms with Crippen LogP contribution in [0.1, 0.15) is 271 Å². The van der Waals surface area contributed by atoms with Gasteiger partial charge >= 0.3 is 7.82 Å². The second-order valence-electron chi connectivity index (χ2n) is 22.1. The Morgan fingerprint density at radius 1 is 0.473 bits per heavy atom.